The number of aromatic nitrogens is 1. The van der Waals surface area contributed by atoms with Crippen molar-refractivity contribution >= 4 is 11.8 Å². The predicted molar refractivity (Wildman–Crippen MR) is 69.6 cm³/mol. The van der Waals surface area contributed by atoms with E-state index >= 15 is 0 Å². The number of rotatable bonds is 4. The quantitative estimate of drug-likeness (QED) is 0.798. The largest absolute Gasteiger partial charge is 0.387 e. The minimum absolute atomic E-state index is 0.00566. The monoisotopic (exact) mass is 279 g/mol. The third kappa shape index (κ3) is 3.79. The Morgan fingerprint density at radius 2 is 2.15 bits per heavy atom. The number of halogens is 1. The lowest BCUT2D eigenvalue weighted by Crippen LogP contribution is -2.32. The summed E-state index contributed by atoms with van der Waals surface area (Å²) in [6, 6.07) is 6.46. The van der Waals surface area contributed by atoms with Gasteiger partial charge in [0.25, 0.3) is 0 Å². The molecule has 1 aromatic carbocycles. The fourth-order valence-corrected chi connectivity index (χ4v) is 1.58. The molecule has 3 N–H and O–H groups in total. The Labute approximate surface area is 114 Å². The van der Waals surface area contributed by atoms with Crippen molar-refractivity contribution in [3.05, 3.63) is 47.5 Å². The Bertz CT molecular complexity index is 583. The van der Waals surface area contributed by atoms with Gasteiger partial charge in [0.05, 0.1) is 6.10 Å². The Balaban J connectivity index is 1.82. The van der Waals surface area contributed by atoms with E-state index in [0.29, 0.717) is 11.3 Å². The molecule has 1 unspecified atom stereocenters. The van der Waals surface area contributed by atoms with Crippen LogP contribution in [-0.2, 0) is 0 Å². The average molecular weight is 279 g/mol. The van der Waals surface area contributed by atoms with Gasteiger partial charge < -0.3 is 14.9 Å². The molecule has 2 rings (SSSR count). The van der Waals surface area contributed by atoms with E-state index in [1.54, 1.807) is 13.0 Å². The Morgan fingerprint density at radius 1 is 1.45 bits per heavy atom. The third-order valence-corrected chi connectivity index (χ3v) is 2.58. The molecule has 0 aliphatic carbocycles. The Kier molecular flexibility index (Phi) is 4.31. The Morgan fingerprint density at radius 3 is 2.75 bits per heavy atom. The first-order chi connectivity index (χ1) is 9.54. The number of aryl methyl sites for hydroxylation is 1. The second-order valence-corrected chi connectivity index (χ2v) is 4.23. The summed E-state index contributed by atoms with van der Waals surface area (Å²) in [6.07, 6.45) is -0.916. The first-order valence-electron chi connectivity index (χ1n) is 5.96. The van der Waals surface area contributed by atoms with Crippen molar-refractivity contribution in [1.82, 2.24) is 10.5 Å². The number of amides is 2. The van der Waals surface area contributed by atoms with Gasteiger partial charge in [0, 0.05) is 12.6 Å². The van der Waals surface area contributed by atoms with Crippen molar-refractivity contribution in [2.45, 2.75) is 13.0 Å². The van der Waals surface area contributed by atoms with Crippen molar-refractivity contribution in [2.75, 3.05) is 11.9 Å². The van der Waals surface area contributed by atoms with Crippen LogP contribution in [0.1, 0.15) is 17.4 Å². The number of hydrogen-bond donors (Lipinski definition) is 3. The van der Waals surface area contributed by atoms with Crippen molar-refractivity contribution in [2.24, 2.45) is 0 Å². The maximum atomic E-state index is 12.7. The molecule has 2 amide bonds. The van der Waals surface area contributed by atoms with E-state index in [-0.39, 0.29) is 18.2 Å². The second kappa shape index (κ2) is 6.16. The van der Waals surface area contributed by atoms with Crippen LogP contribution in [0.5, 0.6) is 0 Å². The van der Waals surface area contributed by atoms with Crippen LogP contribution in [0.4, 0.5) is 15.0 Å². The summed E-state index contributed by atoms with van der Waals surface area (Å²) in [6.45, 7) is 1.70. The lowest BCUT2D eigenvalue weighted by atomic mass is 10.1. The van der Waals surface area contributed by atoms with Crippen LogP contribution in [0.3, 0.4) is 0 Å². The number of nitrogens with one attached hydrogen (secondary N) is 2. The number of hydrogen-bond acceptors (Lipinski definition) is 4. The minimum atomic E-state index is -0.916. The van der Waals surface area contributed by atoms with E-state index in [4.69, 9.17) is 4.52 Å². The number of nitrogens with zero attached hydrogens (tertiary/aromatic N) is 1. The van der Waals surface area contributed by atoms with Gasteiger partial charge in [-0.25, -0.2) is 9.18 Å². The van der Waals surface area contributed by atoms with Gasteiger partial charge in [-0.2, -0.15) is 0 Å². The number of carbonyl (C=O) groups excluding carboxylic acids is 1. The van der Waals surface area contributed by atoms with E-state index in [1.165, 1.54) is 24.3 Å². The molecule has 106 valence electrons. The average Bonchev–Trinajstić information content (AvgIpc) is 2.82. The Hall–Kier alpha value is -2.41. The topological polar surface area (TPSA) is 87.4 Å². The number of aliphatic hydroxyl groups is 1. The first-order valence-corrected chi connectivity index (χ1v) is 5.96. The van der Waals surface area contributed by atoms with Gasteiger partial charge in [-0.1, -0.05) is 17.3 Å². The second-order valence-electron chi connectivity index (χ2n) is 4.23. The fraction of sp³-hybridized carbons (Fsp3) is 0.231. The SMILES string of the molecule is Cc1cc(NC(=O)NCC(O)c2ccc(F)cc2)no1. The zero-order valence-corrected chi connectivity index (χ0v) is 10.8. The summed E-state index contributed by atoms with van der Waals surface area (Å²) in [5.41, 5.74) is 0.518. The van der Waals surface area contributed by atoms with E-state index in [0.717, 1.165) is 0 Å². The van der Waals surface area contributed by atoms with Crippen molar-refractivity contribution in [3.63, 3.8) is 0 Å². The summed E-state index contributed by atoms with van der Waals surface area (Å²) in [5, 5.41) is 18.4. The number of carbonyl (C=O) groups is 1. The molecule has 2 aromatic rings. The number of aliphatic hydroxyl groups excluding tert-OH is 1. The van der Waals surface area contributed by atoms with E-state index in [9.17, 15) is 14.3 Å². The van der Waals surface area contributed by atoms with Crippen molar-refractivity contribution in [3.8, 4) is 0 Å². The lowest BCUT2D eigenvalue weighted by molar-refractivity contribution is 0.175. The predicted octanol–water partition coefficient (Wildman–Crippen LogP) is 1.98. The standard InChI is InChI=1S/C13H14FN3O3/c1-8-6-12(17-20-8)16-13(19)15-7-11(18)9-2-4-10(14)5-3-9/h2-6,11,18H,7H2,1H3,(H2,15,16,17,19). The molecular formula is C13H14FN3O3. The molecule has 0 aliphatic rings. The van der Waals surface area contributed by atoms with E-state index in [2.05, 4.69) is 15.8 Å². The molecule has 6 nitrogen and oxygen atoms in total. The highest BCUT2D eigenvalue weighted by Gasteiger charge is 2.10. The molecule has 1 aromatic heterocycles. The van der Waals surface area contributed by atoms with Crippen molar-refractivity contribution in [1.29, 1.82) is 0 Å². The molecule has 7 heteroatoms. The number of benzene rings is 1. The van der Waals surface area contributed by atoms with Crippen LogP contribution in [0.25, 0.3) is 0 Å². The van der Waals surface area contributed by atoms with Crippen LogP contribution in [0, 0.1) is 12.7 Å². The van der Waals surface area contributed by atoms with E-state index < -0.39 is 12.1 Å². The normalized spacial score (nSPS) is 11.9. The molecule has 1 atom stereocenters. The summed E-state index contributed by atoms with van der Waals surface area (Å²) in [5.74, 6) is 0.482. The highest BCUT2D eigenvalue weighted by molar-refractivity contribution is 5.88. The summed E-state index contributed by atoms with van der Waals surface area (Å²) < 4.78 is 17.5. The molecule has 0 fully saturated rings. The van der Waals surface area contributed by atoms with Gasteiger partial charge in [0.2, 0.25) is 0 Å². The molecule has 0 saturated carbocycles. The van der Waals surface area contributed by atoms with Gasteiger partial charge in [0.1, 0.15) is 11.6 Å². The highest BCUT2D eigenvalue weighted by atomic mass is 19.1. The molecule has 0 bridgehead atoms. The van der Waals surface area contributed by atoms with Gasteiger partial charge in [-0.3, -0.25) is 5.32 Å². The molecule has 0 aliphatic heterocycles. The molecule has 1 heterocycles. The van der Waals surface area contributed by atoms with Gasteiger partial charge in [-0.05, 0) is 24.6 Å². The van der Waals surface area contributed by atoms with Gasteiger partial charge in [-0.15, -0.1) is 0 Å². The maximum Gasteiger partial charge on any atom is 0.320 e. The molecule has 0 saturated heterocycles. The van der Waals surface area contributed by atoms with Crippen LogP contribution >= 0.6 is 0 Å². The van der Waals surface area contributed by atoms with Gasteiger partial charge in [0.15, 0.2) is 5.82 Å². The summed E-state index contributed by atoms with van der Waals surface area (Å²) in [4.78, 5) is 11.5. The van der Waals surface area contributed by atoms with E-state index in [1.807, 2.05) is 0 Å². The zero-order chi connectivity index (χ0) is 14.5. The maximum absolute atomic E-state index is 12.7. The first kappa shape index (κ1) is 14.0. The van der Waals surface area contributed by atoms with Crippen LogP contribution in [-0.4, -0.2) is 22.8 Å². The third-order valence-electron chi connectivity index (χ3n) is 2.58. The molecular weight excluding hydrogens is 265 g/mol. The summed E-state index contributed by atoms with van der Waals surface area (Å²) in [7, 11) is 0. The highest BCUT2D eigenvalue weighted by Crippen LogP contribution is 2.12. The minimum Gasteiger partial charge on any atom is -0.387 e. The van der Waals surface area contributed by atoms with Gasteiger partial charge >= 0.3 is 6.03 Å². The summed E-state index contributed by atoms with van der Waals surface area (Å²) >= 11 is 0. The molecule has 20 heavy (non-hydrogen) atoms. The lowest BCUT2D eigenvalue weighted by Gasteiger charge is -2.12. The van der Waals surface area contributed by atoms with Crippen LogP contribution < -0.4 is 10.6 Å². The number of urea groups is 1. The zero-order valence-electron chi connectivity index (χ0n) is 10.8. The molecule has 0 spiro atoms. The molecule has 0 radical (unpaired) electrons. The van der Waals surface area contributed by atoms with Crippen molar-refractivity contribution < 1.29 is 18.8 Å². The number of anilines is 1. The van der Waals surface area contributed by atoms with Crippen LogP contribution in [0.15, 0.2) is 34.9 Å². The van der Waals surface area contributed by atoms with Crippen LogP contribution in [0.2, 0.25) is 0 Å². The smallest absolute Gasteiger partial charge is 0.320 e. The fourth-order valence-electron chi connectivity index (χ4n) is 1.58.